The molecule has 0 bridgehead atoms. The van der Waals surface area contributed by atoms with Gasteiger partial charge in [-0.05, 0) is 11.5 Å². The quantitative estimate of drug-likeness (QED) is 0.542. The van der Waals surface area contributed by atoms with Gasteiger partial charge in [-0.15, -0.1) is 0 Å². The van der Waals surface area contributed by atoms with Gasteiger partial charge < -0.3 is 0 Å². The lowest BCUT2D eigenvalue weighted by molar-refractivity contribution is 0.402. The van der Waals surface area contributed by atoms with Crippen molar-refractivity contribution in [2.75, 3.05) is 0 Å². The molecular weight excluding hydrogens is 144 g/mol. The van der Waals surface area contributed by atoms with E-state index in [-0.39, 0.29) is 5.41 Å². The van der Waals surface area contributed by atoms with Crippen LogP contribution >= 0.6 is 0 Å². The highest BCUT2D eigenvalue weighted by Crippen LogP contribution is 2.39. The zero-order chi connectivity index (χ0) is 9.19. The molecule has 0 aromatic carbocycles. The van der Waals surface area contributed by atoms with Gasteiger partial charge in [0.05, 0.1) is 0 Å². The van der Waals surface area contributed by atoms with E-state index < -0.39 is 0 Å². The van der Waals surface area contributed by atoms with Crippen LogP contribution in [0.5, 0.6) is 0 Å². The molecule has 0 fully saturated rings. The number of rotatable bonds is 2. The highest BCUT2D eigenvalue weighted by atomic mass is 14.3. The average Bonchev–Trinajstić information content (AvgIpc) is 2.09. The van der Waals surface area contributed by atoms with E-state index in [2.05, 4.69) is 51.3 Å². The van der Waals surface area contributed by atoms with Crippen molar-refractivity contribution in [2.45, 2.75) is 13.8 Å². The third-order valence-corrected chi connectivity index (χ3v) is 2.84. The summed E-state index contributed by atoms with van der Waals surface area (Å²) >= 11 is 0. The third-order valence-electron chi connectivity index (χ3n) is 2.84. The molecule has 0 saturated heterocycles. The predicted octanol–water partition coefficient (Wildman–Crippen LogP) is 3.50. The summed E-state index contributed by atoms with van der Waals surface area (Å²) in [7, 11) is 0. The Balaban J connectivity index is 2.97. The van der Waals surface area contributed by atoms with Crippen molar-refractivity contribution >= 4 is 0 Å². The Kier molecular flexibility index (Phi) is 2.37. The van der Waals surface area contributed by atoms with Crippen LogP contribution in [-0.4, -0.2) is 0 Å². The average molecular weight is 160 g/mol. The minimum atomic E-state index is 0.0660. The van der Waals surface area contributed by atoms with Crippen LogP contribution in [0.3, 0.4) is 0 Å². The molecule has 0 aromatic heterocycles. The maximum atomic E-state index is 4.02. The van der Waals surface area contributed by atoms with E-state index in [0.717, 1.165) is 5.57 Å². The number of hydrogen-bond donors (Lipinski definition) is 0. The normalized spacial score (nSPS) is 33.3. The van der Waals surface area contributed by atoms with Crippen LogP contribution in [0, 0.1) is 11.3 Å². The summed E-state index contributed by atoms with van der Waals surface area (Å²) in [4.78, 5) is 0. The molecule has 0 aliphatic heterocycles. The fraction of sp³-hybridized carbons (Fsp3) is 0.333. The fourth-order valence-corrected chi connectivity index (χ4v) is 1.46. The van der Waals surface area contributed by atoms with E-state index in [1.165, 1.54) is 0 Å². The van der Waals surface area contributed by atoms with Crippen molar-refractivity contribution in [1.82, 2.24) is 0 Å². The summed E-state index contributed by atoms with van der Waals surface area (Å²) in [6.07, 6.45) is 10.4. The molecule has 64 valence electrons. The lowest BCUT2D eigenvalue weighted by atomic mass is 9.70. The molecule has 0 heterocycles. The van der Waals surface area contributed by atoms with E-state index >= 15 is 0 Å². The summed E-state index contributed by atoms with van der Waals surface area (Å²) in [5.74, 6) is 0.507. The van der Waals surface area contributed by atoms with Crippen molar-refractivity contribution in [3.63, 3.8) is 0 Å². The summed E-state index contributed by atoms with van der Waals surface area (Å²) in [6.45, 7) is 12.2. The molecule has 0 spiro atoms. The Labute approximate surface area is 75.0 Å². The molecule has 1 rings (SSSR count). The van der Waals surface area contributed by atoms with Crippen LogP contribution in [0.15, 0.2) is 49.1 Å². The first-order valence-electron chi connectivity index (χ1n) is 4.29. The molecule has 0 N–H and O–H groups in total. The van der Waals surface area contributed by atoms with Crippen molar-refractivity contribution in [2.24, 2.45) is 11.3 Å². The molecule has 0 radical (unpaired) electrons. The van der Waals surface area contributed by atoms with Crippen LogP contribution in [0.1, 0.15) is 13.8 Å². The monoisotopic (exact) mass is 160 g/mol. The molecule has 2 atom stereocenters. The fourth-order valence-electron chi connectivity index (χ4n) is 1.46. The third kappa shape index (κ3) is 1.29. The Hall–Kier alpha value is -1.04. The Morgan fingerprint density at radius 1 is 1.50 bits per heavy atom. The summed E-state index contributed by atoms with van der Waals surface area (Å²) in [5, 5.41) is 0. The van der Waals surface area contributed by atoms with Crippen LogP contribution < -0.4 is 0 Å². The Morgan fingerprint density at radius 2 is 2.17 bits per heavy atom. The molecule has 12 heavy (non-hydrogen) atoms. The summed E-state index contributed by atoms with van der Waals surface area (Å²) < 4.78 is 0. The highest BCUT2D eigenvalue weighted by molar-refractivity contribution is 5.33. The van der Waals surface area contributed by atoms with E-state index in [4.69, 9.17) is 0 Å². The van der Waals surface area contributed by atoms with Crippen LogP contribution in [0.25, 0.3) is 0 Å². The van der Waals surface area contributed by atoms with Gasteiger partial charge in [-0.3, -0.25) is 0 Å². The van der Waals surface area contributed by atoms with Gasteiger partial charge in [0.15, 0.2) is 0 Å². The van der Waals surface area contributed by atoms with Crippen LogP contribution in [0.4, 0.5) is 0 Å². The second-order valence-electron chi connectivity index (χ2n) is 3.54. The van der Waals surface area contributed by atoms with Gasteiger partial charge >= 0.3 is 0 Å². The maximum Gasteiger partial charge on any atom is 0.0161 e. The van der Waals surface area contributed by atoms with Gasteiger partial charge in [0.1, 0.15) is 0 Å². The molecule has 2 unspecified atom stereocenters. The smallest absolute Gasteiger partial charge is 0.0161 e. The van der Waals surface area contributed by atoms with Gasteiger partial charge in [0.2, 0.25) is 0 Å². The standard InChI is InChI=1S/C12H16/c1-5-10(2)12(4)9-7-6-8-11(12)3/h5-9,11H,1-2H2,3-4H3. The highest BCUT2D eigenvalue weighted by Gasteiger charge is 2.29. The first kappa shape index (κ1) is 9.05. The first-order chi connectivity index (χ1) is 5.61. The zero-order valence-electron chi connectivity index (χ0n) is 7.88. The minimum absolute atomic E-state index is 0.0660. The Morgan fingerprint density at radius 3 is 2.67 bits per heavy atom. The first-order valence-corrected chi connectivity index (χ1v) is 4.29. The zero-order valence-corrected chi connectivity index (χ0v) is 7.88. The summed E-state index contributed by atoms with van der Waals surface area (Å²) in [6, 6.07) is 0. The van der Waals surface area contributed by atoms with Crippen molar-refractivity contribution in [3.8, 4) is 0 Å². The molecule has 0 saturated carbocycles. The number of allylic oxidation sites excluding steroid dienone is 6. The van der Waals surface area contributed by atoms with Crippen molar-refractivity contribution in [3.05, 3.63) is 49.1 Å². The topological polar surface area (TPSA) is 0 Å². The molecule has 1 aliphatic carbocycles. The Bertz CT molecular complexity index is 255. The van der Waals surface area contributed by atoms with Crippen molar-refractivity contribution < 1.29 is 0 Å². The molecule has 0 nitrogen and oxygen atoms in total. The van der Waals surface area contributed by atoms with E-state index in [1.54, 1.807) is 0 Å². The van der Waals surface area contributed by atoms with Gasteiger partial charge in [0.25, 0.3) is 0 Å². The van der Waals surface area contributed by atoms with Crippen LogP contribution in [0.2, 0.25) is 0 Å². The molecule has 0 heteroatoms. The van der Waals surface area contributed by atoms with Crippen LogP contribution in [-0.2, 0) is 0 Å². The van der Waals surface area contributed by atoms with Gasteiger partial charge in [-0.2, -0.15) is 0 Å². The second-order valence-corrected chi connectivity index (χ2v) is 3.54. The van der Waals surface area contributed by atoms with E-state index in [0.29, 0.717) is 5.92 Å². The summed E-state index contributed by atoms with van der Waals surface area (Å²) in [5.41, 5.74) is 1.16. The van der Waals surface area contributed by atoms with Gasteiger partial charge in [0, 0.05) is 5.41 Å². The van der Waals surface area contributed by atoms with Gasteiger partial charge in [-0.1, -0.05) is 57.4 Å². The lowest BCUT2D eigenvalue weighted by Gasteiger charge is -2.33. The predicted molar refractivity (Wildman–Crippen MR) is 54.9 cm³/mol. The molecular formula is C12H16. The second kappa shape index (κ2) is 3.14. The number of hydrogen-bond acceptors (Lipinski definition) is 0. The van der Waals surface area contributed by atoms with Gasteiger partial charge in [-0.25, -0.2) is 0 Å². The van der Waals surface area contributed by atoms with E-state index in [1.807, 2.05) is 6.08 Å². The minimum Gasteiger partial charge on any atom is -0.0988 e. The molecule has 0 aromatic rings. The SMILES string of the molecule is C=CC(=C)C1(C)C=CC=CC1C. The molecule has 0 amide bonds. The maximum absolute atomic E-state index is 4.02. The molecule has 1 aliphatic rings. The largest absolute Gasteiger partial charge is 0.0988 e. The van der Waals surface area contributed by atoms with E-state index in [9.17, 15) is 0 Å². The lowest BCUT2D eigenvalue weighted by Crippen LogP contribution is -2.24. The van der Waals surface area contributed by atoms with Crippen molar-refractivity contribution in [1.29, 1.82) is 0 Å².